The van der Waals surface area contributed by atoms with Gasteiger partial charge in [0.05, 0.1) is 0 Å². The predicted octanol–water partition coefficient (Wildman–Crippen LogP) is 3.22. The van der Waals surface area contributed by atoms with Gasteiger partial charge in [-0.3, -0.25) is 0 Å². The molecule has 0 aromatic carbocycles. The van der Waals surface area contributed by atoms with Gasteiger partial charge in [-0.2, -0.15) is 0 Å². The zero-order chi connectivity index (χ0) is 6.69. The number of hydrogen-bond donors (Lipinski definition) is 0. The van der Waals surface area contributed by atoms with Crippen molar-refractivity contribution in [1.29, 1.82) is 0 Å². The van der Waals surface area contributed by atoms with E-state index >= 15 is 0 Å². The van der Waals surface area contributed by atoms with Gasteiger partial charge in [0.15, 0.2) is 0 Å². The van der Waals surface area contributed by atoms with Crippen LogP contribution in [0.25, 0.3) is 0 Å². The molecular weight excluding hydrogens is 108 g/mol. The van der Waals surface area contributed by atoms with E-state index in [2.05, 4.69) is 13.8 Å². The Bertz CT molecular complexity index is 66.1. The third-order valence-electron chi connectivity index (χ3n) is 2.55. The Kier molecular flexibility index (Phi) is 2.56. The predicted molar refractivity (Wildman–Crippen MR) is 41.4 cm³/mol. The Morgan fingerprint density at radius 1 is 0.778 bits per heavy atom. The van der Waals surface area contributed by atoms with Crippen molar-refractivity contribution in [2.24, 2.45) is 11.8 Å². The summed E-state index contributed by atoms with van der Waals surface area (Å²) in [5.74, 6) is 2.02. The van der Waals surface area contributed by atoms with Crippen LogP contribution in [0.4, 0.5) is 0 Å². The minimum atomic E-state index is 1.01. The highest BCUT2D eigenvalue weighted by Crippen LogP contribution is 2.25. The van der Waals surface area contributed by atoms with Crippen LogP contribution < -0.4 is 0 Å². The van der Waals surface area contributed by atoms with Gasteiger partial charge in [0, 0.05) is 0 Å². The van der Waals surface area contributed by atoms with Gasteiger partial charge in [-0.1, -0.05) is 46.0 Å². The van der Waals surface area contributed by atoms with Crippen molar-refractivity contribution >= 4 is 0 Å². The first kappa shape index (κ1) is 7.11. The van der Waals surface area contributed by atoms with E-state index in [0.29, 0.717) is 0 Å². The SMILES string of the molecule is C[C@@H]1CCC[C@@H](C)CC1. The van der Waals surface area contributed by atoms with Gasteiger partial charge >= 0.3 is 0 Å². The third-order valence-corrected chi connectivity index (χ3v) is 2.55. The summed E-state index contributed by atoms with van der Waals surface area (Å²) >= 11 is 0. The summed E-state index contributed by atoms with van der Waals surface area (Å²) in [6, 6.07) is 0. The molecule has 0 amide bonds. The molecule has 1 rings (SSSR count). The van der Waals surface area contributed by atoms with Crippen molar-refractivity contribution in [3.05, 3.63) is 0 Å². The maximum Gasteiger partial charge on any atom is -0.0443 e. The highest BCUT2D eigenvalue weighted by molar-refractivity contribution is 4.64. The Hall–Kier alpha value is 0. The fourth-order valence-electron chi connectivity index (χ4n) is 1.67. The number of rotatable bonds is 0. The maximum absolute atomic E-state index is 2.39. The Morgan fingerprint density at radius 3 is 1.67 bits per heavy atom. The van der Waals surface area contributed by atoms with Crippen LogP contribution in [0.2, 0.25) is 0 Å². The van der Waals surface area contributed by atoms with E-state index in [1.54, 1.807) is 0 Å². The Balaban J connectivity index is 2.25. The van der Waals surface area contributed by atoms with E-state index < -0.39 is 0 Å². The fraction of sp³-hybridized carbons (Fsp3) is 1.00. The quantitative estimate of drug-likeness (QED) is 0.437. The van der Waals surface area contributed by atoms with E-state index in [0.717, 1.165) is 11.8 Å². The van der Waals surface area contributed by atoms with Crippen LogP contribution in [-0.4, -0.2) is 0 Å². The van der Waals surface area contributed by atoms with Gasteiger partial charge < -0.3 is 0 Å². The van der Waals surface area contributed by atoms with Gasteiger partial charge in [-0.25, -0.2) is 0 Å². The molecule has 0 unspecified atom stereocenters. The number of hydrogen-bond acceptors (Lipinski definition) is 0. The Labute approximate surface area is 58.7 Å². The molecule has 54 valence electrons. The lowest BCUT2D eigenvalue weighted by molar-refractivity contribution is 0.476. The largest absolute Gasteiger partial charge is 0.0625 e. The molecule has 0 heterocycles. The van der Waals surface area contributed by atoms with Crippen LogP contribution in [-0.2, 0) is 0 Å². The first-order chi connectivity index (χ1) is 4.29. The molecule has 1 saturated carbocycles. The monoisotopic (exact) mass is 126 g/mol. The molecule has 1 fully saturated rings. The molecule has 0 saturated heterocycles. The van der Waals surface area contributed by atoms with Crippen LogP contribution in [0.15, 0.2) is 0 Å². The van der Waals surface area contributed by atoms with Gasteiger partial charge in [-0.15, -0.1) is 0 Å². The molecule has 1 aliphatic carbocycles. The molecule has 1 aliphatic rings. The molecule has 0 heteroatoms. The minimum absolute atomic E-state index is 1.01. The summed E-state index contributed by atoms with van der Waals surface area (Å²) in [6.07, 6.45) is 7.37. The molecule has 0 radical (unpaired) electrons. The van der Waals surface area contributed by atoms with Gasteiger partial charge in [0.1, 0.15) is 0 Å². The van der Waals surface area contributed by atoms with E-state index in [9.17, 15) is 0 Å². The molecule has 2 atom stereocenters. The lowest BCUT2D eigenvalue weighted by atomic mass is 10.0. The third kappa shape index (κ3) is 2.38. The first-order valence-electron chi connectivity index (χ1n) is 4.29. The van der Waals surface area contributed by atoms with Gasteiger partial charge in [0.25, 0.3) is 0 Å². The highest BCUT2D eigenvalue weighted by atomic mass is 14.2. The highest BCUT2D eigenvalue weighted by Gasteiger charge is 2.11. The lowest BCUT2D eigenvalue weighted by Gasteiger charge is -2.05. The topological polar surface area (TPSA) is 0 Å². The zero-order valence-electron chi connectivity index (χ0n) is 6.69. The van der Waals surface area contributed by atoms with E-state index in [1.807, 2.05) is 0 Å². The van der Waals surface area contributed by atoms with E-state index in [-0.39, 0.29) is 0 Å². The summed E-state index contributed by atoms with van der Waals surface area (Å²) in [7, 11) is 0. The average Bonchev–Trinajstić information content (AvgIpc) is 1.97. The zero-order valence-corrected chi connectivity index (χ0v) is 6.69. The van der Waals surface area contributed by atoms with E-state index in [4.69, 9.17) is 0 Å². The molecule has 0 N–H and O–H groups in total. The van der Waals surface area contributed by atoms with Crippen molar-refractivity contribution in [2.75, 3.05) is 0 Å². The molecular formula is C9H18. The lowest BCUT2D eigenvalue weighted by Crippen LogP contribution is -1.91. The normalized spacial score (nSPS) is 38.0. The summed E-state index contributed by atoms with van der Waals surface area (Å²) < 4.78 is 0. The summed E-state index contributed by atoms with van der Waals surface area (Å²) in [5.41, 5.74) is 0. The van der Waals surface area contributed by atoms with Gasteiger partial charge in [0.2, 0.25) is 0 Å². The van der Waals surface area contributed by atoms with Crippen LogP contribution in [0.1, 0.15) is 46.0 Å². The Morgan fingerprint density at radius 2 is 1.22 bits per heavy atom. The molecule has 0 nitrogen and oxygen atoms in total. The fourth-order valence-corrected chi connectivity index (χ4v) is 1.67. The second kappa shape index (κ2) is 3.24. The summed E-state index contributed by atoms with van der Waals surface area (Å²) in [4.78, 5) is 0. The summed E-state index contributed by atoms with van der Waals surface area (Å²) in [6.45, 7) is 4.77. The van der Waals surface area contributed by atoms with Crippen molar-refractivity contribution < 1.29 is 0 Å². The van der Waals surface area contributed by atoms with Crippen LogP contribution in [0, 0.1) is 11.8 Å². The molecule has 0 aromatic rings. The average molecular weight is 126 g/mol. The van der Waals surface area contributed by atoms with Gasteiger partial charge in [-0.05, 0) is 11.8 Å². The van der Waals surface area contributed by atoms with Crippen molar-refractivity contribution in [3.8, 4) is 0 Å². The summed E-state index contributed by atoms with van der Waals surface area (Å²) in [5, 5.41) is 0. The molecule has 0 aromatic heterocycles. The van der Waals surface area contributed by atoms with Crippen LogP contribution >= 0.6 is 0 Å². The molecule has 0 aliphatic heterocycles. The standard InChI is InChI=1S/C9H18/c1-8-4-3-5-9(2)7-6-8/h8-9H,3-7H2,1-2H3/t8-,9-/m1/s1. The minimum Gasteiger partial charge on any atom is -0.0625 e. The van der Waals surface area contributed by atoms with Crippen molar-refractivity contribution in [3.63, 3.8) is 0 Å². The smallest absolute Gasteiger partial charge is 0.0443 e. The van der Waals surface area contributed by atoms with E-state index in [1.165, 1.54) is 32.1 Å². The maximum atomic E-state index is 2.39. The molecule has 0 spiro atoms. The van der Waals surface area contributed by atoms with Crippen molar-refractivity contribution in [1.82, 2.24) is 0 Å². The molecule has 9 heavy (non-hydrogen) atoms. The first-order valence-corrected chi connectivity index (χ1v) is 4.29. The second-order valence-electron chi connectivity index (χ2n) is 3.72. The molecule has 0 bridgehead atoms. The van der Waals surface area contributed by atoms with Crippen LogP contribution in [0.3, 0.4) is 0 Å². The second-order valence-corrected chi connectivity index (χ2v) is 3.72. The van der Waals surface area contributed by atoms with Crippen LogP contribution in [0.5, 0.6) is 0 Å². The van der Waals surface area contributed by atoms with Crippen molar-refractivity contribution in [2.45, 2.75) is 46.0 Å².